The lowest BCUT2D eigenvalue weighted by atomic mass is 9.95. The fourth-order valence-corrected chi connectivity index (χ4v) is 3.42. The summed E-state index contributed by atoms with van der Waals surface area (Å²) < 4.78 is 1.51. The van der Waals surface area contributed by atoms with Crippen LogP contribution < -0.4 is 0 Å². The van der Waals surface area contributed by atoms with Crippen LogP contribution in [0.4, 0.5) is 5.69 Å². The van der Waals surface area contributed by atoms with E-state index in [0.717, 1.165) is 5.56 Å². The Bertz CT molecular complexity index is 745. The molecule has 1 fully saturated rings. The van der Waals surface area contributed by atoms with Crippen LogP contribution in [0.3, 0.4) is 0 Å². The summed E-state index contributed by atoms with van der Waals surface area (Å²) in [5.74, 6) is -0.378. The van der Waals surface area contributed by atoms with Crippen LogP contribution in [-0.2, 0) is 7.05 Å². The van der Waals surface area contributed by atoms with Gasteiger partial charge in [0.25, 0.3) is 0 Å². The minimum atomic E-state index is -1.01. The van der Waals surface area contributed by atoms with Crippen LogP contribution in [0.15, 0.2) is 30.5 Å². The first-order valence-corrected chi connectivity index (χ1v) is 7.52. The molecule has 2 aromatic rings. The molecule has 112 valence electrons. The first-order chi connectivity index (χ1) is 10.6. The Morgan fingerprint density at radius 1 is 1.27 bits per heavy atom. The number of carboxylic acids is 1. The van der Waals surface area contributed by atoms with Crippen molar-refractivity contribution >= 4 is 11.7 Å². The van der Waals surface area contributed by atoms with Gasteiger partial charge < -0.3 is 9.67 Å². The van der Waals surface area contributed by atoms with E-state index in [1.54, 1.807) is 13.2 Å². The summed E-state index contributed by atoms with van der Waals surface area (Å²) in [6, 6.07) is 8.06. The highest BCUT2D eigenvalue weighted by atomic mass is 16.4. The van der Waals surface area contributed by atoms with E-state index in [0.29, 0.717) is 17.2 Å². The number of hydrogen-bond donors (Lipinski definition) is 1. The Morgan fingerprint density at radius 3 is 2.45 bits per heavy atom. The van der Waals surface area contributed by atoms with Crippen molar-refractivity contribution in [3.63, 3.8) is 0 Å². The topological polar surface area (TPSA) is 46.6 Å². The predicted octanol–water partition coefficient (Wildman–Crippen LogP) is 4.60. The van der Waals surface area contributed by atoms with E-state index in [2.05, 4.69) is 17.0 Å². The third kappa shape index (κ3) is 2.39. The van der Waals surface area contributed by atoms with Gasteiger partial charge in [0.05, 0.1) is 6.57 Å². The van der Waals surface area contributed by atoms with Crippen molar-refractivity contribution in [1.29, 1.82) is 0 Å². The van der Waals surface area contributed by atoms with Crippen LogP contribution in [0.2, 0.25) is 0 Å². The molecule has 0 spiro atoms. The molecule has 0 bridgehead atoms. The molecule has 0 unspecified atom stereocenters. The quantitative estimate of drug-likeness (QED) is 0.841. The fraction of sp³-hybridized carbons (Fsp3) is 0.333. The number of hydrogen-bond acceptors (Lipinski definition) is 1. The first kappa shape index (κ1) is 14.4. The van der Waals surface area contributed by atoms with E-state index in [4.69, 9.17) is 6.57 Å². The van der Waals surface area contributed by atoms with Gasteiger partial charge in [-0.3, -0.25) is 0 Å². The number of rotatable bonds is 3. The molecular weight excluding hydrogens is 276 g/mol. The van der Waals surface area contributed by atoms with Crippen LogP contribution in [0.25, 0.3) is 16.0 Å². The summed E-state index contributed by atoms with van der Waals surface area (Å²) in [7, 11) is 1.66. The van der Waals surface area contributed by atoms with Crippen LogP contribution in [0.5, 0.6) is 0 Å². The molecule has 1 aromatic carbocycles. The van der Waals surface area contributed by atoms with E-state index in [9.17, 15) is 9.90 Å². The zero-order valence-corrected chi connectivity index (χ0v) is 12.5. The summed E-state index contributed by atoms with van der Waals surface area (Å²) in [6.07, 6.45) is 6.62. The molecule has 1 aromatic heterocycles. The Kier molecular flexibility index (Phi) is 3.72. The minimum Gasteiger partial charge on any atom is -0.477 e. The average Bonchev–Trinajstić information content (AvgIpc) is 3.14. The molecule has 0 radical (unpaired) electrons. The van der Waals surface area contributed by atoms with Crippen molar-refractivity contribution in [2.75, 3.05) is 0 Å². The van der Waals surface area contributed by atoms with Crippen molar-refractivity contribution < 1.29 is 9.90 Å². The standard InChI is InChI=1S/C18H18N2O2/c1-19-15-11-20(2)17(18(21)22)16(15)14-9-7-13(8-10-14)12-5-3-4-6-12/h7-12H,3-6H2,2H3,(H,21,22). The second kappa shape index (κ2) is 5.69. The molecule has 0 atom stereocenters. The van der Waals surface area contributed by atoms with Gasteiger partial charge >= 0.3 is 5.97 Å². The molecular formula is C18H18N2O2. The maximum Gasteiger partial charge on any atom is 0.351 e. The molecule has 0 amide bonds. The molecule has 1 aliphatic rings. The lowest BCUT2D eigenvalue weighted by molar-refractivity contribution is 0.0687. The Balaban J connectivity index is 2.04. The molecule has 0 saturated heterocycles. The van der Waals surface area contributed by atoms with Crippen LogP contribution in [-0.4, -0.2) is 15.6 Å². The fourth-order valence-electron chi connectivity index (χ4n) is 3.42. The van der Waals surface area contributed by atoms with Crippen molar-refractivity contribution in [3.8, 4) is 11.1 Å². The Morgan fingerprint density at radius 2 is 1.91 bits per heavy atom. The summed E-state index contributed by atoms with van der Waals surface area (Å²) >= 11 is 0. The number of carbonyl (C=O) groups is 1. The van der Waals surface area contributed by atoms with E-state index < -0.39 is 5.97 Å². The maximum absolute atomic E-state index is 11.5. The number of aromatic nitrogens is 1. The number of nitrogens with zero attached hydrogens (tertiary/aromatic N) is 2. The van der Waals surface area contributed by atoms with Gasteiger partial charge in [-0.15, -0.1) is 0 Å². The van der Waals surface area contributed by atoms with Crippen LogP contribution >= 0.6 is 0 Å². The SMILES string of the molecule is [C-]#[N+]c1cn(C)c(C(=O)O)c1-c1ccc(C2CCCC2)cc1. The number of aromatic carboxylic acids is 1. The second-order valence-corrected chi connectivity index (χ2v) is 5.87. The number of benzene rings is 1. The Hall–Kier alpha value is -2.54. The molecule has 4 heteroatoms. The second-order valence-electron chi connectivity index (χ2n) is 5.87. The smallest absolute Gasteiger partial charge is 0.351 e. The largest absolute Gasteiger partial charge is 0.477 e. The molecule has 1 N–H and O–H groups in total. The molecule has 4 nitrogen and oxygen atoms in total. The highest BCUT2D eigenvalue weighted by Gasteiger charge is 2.22. The van der Waals surface area contributed by atoms with Crippen molar-refractivity contribution in [2.45, 2.75) is 31.6 Å². The molecule has 0 aliphatic heterocycles. The molecule has 1 heterocycles. The van der Waals surface area contributed by atoms with Gasteiger partial charge in [-0.1, -0.05) is 37.1 Å². The van der Waals surface area contributed by atoms with Crippen molar-refractivity contribution in [3.05, 3.63) is 53.1 Å². The summed E-state index contributed by atoms with van der Waals surface area (Å²) in [4.78, 5) is 15.0. The zero-order valence-electron chi connectivity index (χ0n) is 12.5. The molecule has 1 saturated carbocycles. The lowest BCUT2D eigenvalue weighted by Crippen LogP contribution is -2.05. The predicted molar refractivity (Wildman–Crippen MR) is 85.3 cm³/mol. The van der Waals surface area contributed by atoms with Gasteiger partial charge in [0.15, 0.2) is 0 Å². The highest BCUT2D eigenvalue weighted by Crippen LogP contribution is 2.38. The minimum absolute atomic E-state index is 0.166. The van der Waals surface area contributed by atoms with Crippen LogP contribution in [0, 0.1) is 6.57 Å². The highest BCUT2D eigenvalue weighted by molar-refractivity contribution is 5.99. The lowest BCUT2D eigenvalue weighted by Gasteiger charge is -2.11. The number of aryl methyl sites for hydroxylation is 1. The van der Waals surface area contributed by atoms with Crippen molar-refractivity contribution in [2.24, 2.45) is 7.05 Å². The zero-order chi connectivity index (χ0) is 15.7. The summed E-state index contributed by atoms with van der Waals surface area (Å²) in [5, 5.41) is 9.42. The molecule has 1 aliphatic carbocycles. The van der Waals surface area contributed by atoms with Crippen molar-refractivity contribution in [1.82, 2.24) is 4.57 Å². The molecule has 22 heavy (non-hydrogen) atoms. The van der Waals surface area contributed by atoms with Gasteiger partial charge in [0.1, 0.15) is 5.69 Å². The maximum atomic E-state index is 11.5. The third-order valence-corrected chi connectivity index (χ3v) is 4.51. The summed E-state index contributed by atoms with van der Waals surface area (Å²) in [6.45, 7) is 7.28. The van der Waals surface area contributed by atoms with Gasteiger partial charge in [-0.2, -0.15) is 0 Å². The monoisotopic (exact) mass is 294 g/mol. The summed E-state index contributed by atoms with van der Waals surface area (Å²) in [5.41, 5.74) is 3.18. The van der Waals surface area contributed by atoms with E-state index >= 15 is 0 Å². The van der Waals surface area contributed by atoms with Gasteiger partial charge in [0, 0.05) is 18.8 Å². The number of carboxylic acid groups (broad SMARTS) is 1. The van der Waals surface area contributed by atoms with Gasteiger partial charge in [-0.05, 0) is 29.9 Å². The third-order valence-electron chi connectivity index (χ3n) is 4.51. The first-order valence-electron chi connectivity index (χ1n) is 7.52. The Labute approximate surface area is 129 Å². The normalized spacial score (nSPS) is 14.9. The van der Waals surface area contributed by atoms with E-state index in [1.807, 2.05) is 12.1 Å². The van der Waals surface area contributed by atoms with Crippen LogP contribution in [0.1, 0.15) is 47.7 Å². The average molecular weight is 294 g/mol. The van der Waals surface area contributed by atoms with Gasteiger partial charge in [0.2, 0.25) is 5.69 Å². The van der Waals surface area contributed by atoms with Gasteiger partial charge in [-0.25, -0.2) is 9.64 Å². The molecule has 3 rings (SSSR count). The van der Waals surface area contributed by atoms with E-state index in [1.165, 1.54) is 35.8 Å². The van der Waals surface area contributed by atoms with E-state index in [-0.39, 0.29) is 5.69 Å².